The van der Waals surface area contributed by atoms with Crippen molar-refractivity contribution < 1.29 is 13.9 Å². The molecule has 0 N–H and O–H groups in total. The van der Waals surface area contributed by atoms with E-state index in [0.29, 0.717) is 17.0 Å². The minimum atomic E-state index is -0.370. The number of hydrogen-bond donors (Lipinski definition) is 0. The Hall–Kier alpha value is -0.930. The van der Waals surface area contributed by atoms with Gasteiger partial charge in [-0.3, -0.25) is 4.79 Å². The average molecular weight is 271 g/mol. The van der Waals surface area contributed by atoms with E-state index in [-0.39, 0.29) is 24.1 Å². The summed E-state index contributed by atoms with van der Waals surface area (Å²) in [6.45, 7) is 0.793. The summed E-state index contributed by atoms with van der Waals surface area (Å²) in [6, 6.07) is 4.29. The standard InChI is InChI=1S/C14H16ClFO2/c15-11-3-6-14(16)10(8-11)9-12(17)4-5-13-2-1-7-18-13/h3,6,8,13H,1-2,4-5,7,9H2. The van der Waals surface area contributed by atoms with Gasteiger partial charge in [0.1, 0.15) is 11.6 Å². The van der Waals surface area contributed by atoms with Crippen LogP contribution in [0, 0.1) is 5.82 Å². The van der Waals surface area contributed by atoms with Gasteiger partial charge in [-0.25, -0.2) is 4.39 Å². The van der Waals surface area contributed by atoms with Crippen molar-refractivity contribution in [2.75, 3.05) is 6.61 Å². The number of Topliss-reactive ketones (excluding diaryl/α,β-unsaturated/α-hetero) is 1. The van der Waals surface area contributed by atoms with E-state index < -0.39 is 0 Å². The van der Waals surface area contributed by atoms with E-state index in [1.807, 2.05) is 0 Å². The van der Waals surface area contributed by atoms with Crippen LogP contribution in [0.2, 0.25) is 5.02 Å². The molecule has 2 rings (SSSR count). The molecule has 1 unspecified atom stereocenters. The fourth-order valence-electron chi connectivity index (χ4n) is 2.17. The lowest BCUT2D eigenvalue weighted by Crippen LogP contribution is -2.10. The monoisotopic (exact) mass is 270 g/mol. The molecular formula is C14H16ClFO2. The van der Waals surface area contributed by atoms with E-state index in [2.05, 4.69) is 0 Å². The Labute approximate surface area is 111 Å². The highest BCUT2D eigenvalue weighted by Gasteiger charge is 2.17. The van der Waals surface area contributed by atoms with E-state index in [4.69, 9.17) is 16.3 Å². The molecule has 0 radical (unpaired) electrons. The molecule has 4 heteroatoms. The van der Waals surface area contributed by atoms with Gasteiger partial charge in [-0.05, 0) is 43.0 Å². The van der Waals surface area contributed by atoms with Crippen LogP contribution in [0.3, 0.4) is 0 Å². The third-order valence-electron chi connectivity index (χ3n) is 3.16. The Morgan fingerprint density at radius 2 is 2.33 bits per heavy atom. The van der Waals surface area contributed by atoms with E-state index in [0.717, 1.165) is 25.9 Å². The summed E-state index contributed by atoms with van der Waals surface area (Å²) in [5.74, 6) is -0.337. The summed E-state index contributed by atoms with van der Waals surface area (Å²) in [4.78, 5) is 11.8. The Bertz CT molecular complexity index is 428. The van der Waals surface area contributed by atoms with Gasteiger partial charge in [-0.15, -0.1) is 0 Å². The van der Waals surface area contributed by atoms with Crippen LogP contribution in [0.4, 0.5) is 4.39 Å². The first-order valence-electron chi connectivity index (χ1n) is 6.22. The van der Waals surface area contributed by atoms with Crippen LogP contribution in [0.1, 0.15) is 31.2 Å². The lowest BCUT2D eigenvalue weighted by Gasteiger charge is -2.08. The molecule has 1 fully saturated rings. The number of ketones is 1. The fourth-order valence-corrected chi connectivity index (χ4v) is 2.37. The molecule has 1 atom stereocenters. The SMILES string of the molecule is O=C(CCC1CCCO1)Cc1cc(Cl)ccc1F. The maximum atomic E-state index is 13.4. The number of ether oxygens (including phenoxy) is 1. The molecule has 98 valence electrons. The molecule has 0 saturated carbocycles. The molecular weight excluding hydrogens is 255 g/mol. The number of carbonyl (C=O) groups is 1. The molecule has 0 amide bonds. The molecule has 1 saturated heterocycles. The number of carbonyl (C=O) groups excluding carboxylic acids is 1. The minimum absolute atomic E-state index is 0.0340. The molecule has 1 aromatic rings. The van der Waals surface area contributed by atoms with Crippen LogP contribution in [0.25, 0.3) is 0 Å². The largest absolute Gasteiger partial charge is 0.378 e. The van der Waals surface area contributed by atoms with Gasteiger partial charge in [0, 0.05) is 24.5 Å². The number of halogens is 2. The maximum absolute atomic E-state index is 13.4. The van der Waals surface area contributed by atoms with Gasteiger partial charge in [0.05, 0.1) is 6.10 Å². The first-order chi connectivity index (χ1) is 8.65. The van der Waals surface area contributed by atoms with E-state index in [9.17, 15) is 9.18 Å². The van der Waals surface area contributed by atoms with Gasteiger partial charge < -0.3 is 4.74 Å². The highest BCUT2D eigenvalue weighted by atomic mass is 35.5. The lowest BCUT2D eigenvalue weighted by molar-refractivity contribution is -0.119. The predicted octanol–water partition coefficient (Wildman–Crippen LogP) is 3.55. The van der Waals surface area contributed by atoms with Crippen LogP contribution >= 0.6 is 11.6 Å². The van der Waals surface area contributed by atoms with Crippen molar-refractivity contribution >= 4 is 17.4 Å². The van der Waals surface area contributed by atoms with Gasteiger partial charge in [0.15, 0.2) is 0 Å². The minimum Gasteiger partial charge on any atom is -0.378 e. The van der Waals surface area contributed by atoms with Crippen molar-refractivity contribution in [3.05, 3.63) is 34.6 Å². The van der Waals surface area contributed by atoms with Crippen LogP contribution in [-0.2, 0) is 16.0 Å². The Kier molecular flexibility index (Phi) is 4.72. The van der Waals surface area contributed by atoms with E-state index in [1.165, 1.54) is 18.2 Å². The van der Waals surface area contributed by atoms with Crippen molar-refractivity contribution in [3.8, 4) is 0 Å². The molecule has 0 aliphatic carbocycles. The molecule has 1 aromatic carbocycles. The highest BCUT2D eigenvalue weighted by molar-refractivity contribution is 6.30. The summed E-state index contributed by atoms with van der Waals surface area (Å²) in [5, 5.41) is 0.457. The van der Waals surface area contributed by atoms with Gasteiger partial charge in [-0.1, -0.05) is 11.6 Å². The number of rotatable bonds is 5. The van der Waals surface area contributed by atoms with Crippen LogP contribution < -0.4 is 0 Å². The maximum Gasteiger partial charge on any atom is 0.137 e. The van der Waals surface area contributed by atoms with Crippen LogP contribution in [0.15, 0.2) is 18.2 Å². The van der Waals surface area contributed by atoms with Gasteiger partial charge in [0.25, 0.3) is 0 Å². The highest BCUT2D eigenvalue weighted by Crippen LogP contribution is 2.19. The summed E-state index contributed by atoms with van der Waals surface area (Å²) in [7, 11) is 0. The number of benzene rings is 1. The summed E-state index contributed by atoms with van der Waals surface area (Å²) < 4.78 is 18.9. The topological polar surface area (TPSA) is 26.3 Å². The molecule has 1 aliphatic rings. The van der Waals surface area contributed by atoms with Crippen molar-refractivity contribution in [2.24, 2.45) is 0 Å². The molecule has 2 nitrogen and oxygen atoms in total. The molecule has 1 aliphatic heterocycles. The number of hydrogen-bond acceptors (Lipinski definition) is 2. The molecule has 0 bridgehead atoms. The van der Waals surface area contributed by atoms with Crippen LogP contribution in [-0.4, -0.2) is 18.5 Å². The fraction of sp³-hybridized carbons (Fsp3) is 0.500. The normalized spacial score (nSPS) is 19.1. The summed E-state index contributed by atoms with van der Waals surface area (Å²) in [5.41, 5.74) is 0.375. The molecule has 0 spiro atoms. The van der Waals surface area contributed by atoms with Gasteiger partial charge in [0.2, 0.25) is 0 Å². The third kappa shape index (κ3) is 3.79. The van der Waals surface area contributed by atoms with Crippen molar-refractivity contribution in [2.45, 2.75) is 38.2 Å². The molecule has 18 heavy (non-hydrogen) atoms. The van der Waals surface area contributed by atoms with E-state index in [1.54, 1.807) is 0 Å². The Morgan fingerprint density at radius 1 is 1.50 bits per heavy atom. The Morgan fingerprint density at radius 3 is 3.06 bits per heavy atom. The summed E-state index contributed by atoms with van der Waals surface area (Å²) >= 11 is 5.78. The summed E-state index contributed by atoms with van der Waals surface area (Å²) in [6.07, 6.45) is 3.59. The van der Waals surface area contributed by atoms with Crippen LogP contribution in [0.5, 0.6) is 0 Å². The van der Waals surface area contributed by atoms with Crippen molar-refractivity contribution in [1.82, 2.24) is 0 Å². The second-order valence-corrected chi connectivity index (χ2v) is 5.06. The smallest absolute Gasteiger partial charge is 0.137 e. The molecule has 0 aromatic heterocycles. The quantitative estimate of drug-likeness (QED) is 0.818. The average Bonchev–Trinajstić information content (AvgIpc) is 2.84. The lowest BCUT2D eigenvalue weighted by atomic mass is 10.0. The zero-order chi connectivity index (χ0) is 13.0. The zero-order valence-electron chi connectivity index (χ0n) is 10.1. The predicted molar refractivity (Wildman–Crippen MR) is 68.3 cm³/mol. The first-order valence-corrected chi connectivity index (χ1v) is 6.60. The first kappa shape index (κ1) is 13.5. The zero-order valence-corrected chi connectivity index (χ0v) is 10.9. The second-order valence-electron chi connectivity index (χ2n) is 4.62. The molecule has 1 heterocycles. The van der Waals surface area contributed by atoms with Gasteiger partial charge >= 0.3 is 0 Å². The third-order valence-corrected chi connectivity index (χ3v) is 3.40. The van der Waals surface area contributed by atoms with Crippen molar-refractivity contribution in [3.63, 3.8) is 0 Å². The van der Waals surface area contributed by atoms with Crippen molar-refractivity contribution in [1.29, 1.82) is 0 Å². The van der Waals surface area contributed by atoms with E-state index >= 15 is 0 Å². The van der Waals surface area contributed by atoms with Gasteiger partial charge in [-0.2, -0.15) is 0 Å². The Balaban J connectivity index is 1.84. The second kappa shape index (κ2) is 6.30.